The van der Waals surface area contributed by atoms with Crippen LogP contribution in [0.25, 0.3) is 0 Å². The summed E-state index contributed by atoms with van der Waals surface area (Å²) in [6.45, 7) is 2.17. The minimum Gasteiger partial charge on any atom is -0.493 e. The second-order valence-electron chi connectivity index (χ2n) is 7.05. The highest BCUT2D eigenvalue weighted by Gasteiger charge is 2.31. The average Bonchev–Trinajstić information content (AvgIpc) is 2.61. The minimum atomic E-state index is 0.267. The van der Waals surface area contributed by atoms with Crippen molar-refractivity contribution in [2.45, 2.75) is 56.5 Å². The summed E-state index contributed by atoms with van der Waals surface area (Å²) in [6, 6.07) is 7.31. The van der Waals surface area contributed by atoms with Crippen LogP contribution in [-0.4, -0.2) is 44.3 Å². The number of nitrogens with two attached hydrogens (primary N) is 1. The molecule has 0 aromatic heterocycles. The van der Waals surface area contributed by atoms with Crippen LogP contribution in [0.3, 0.4) is 0 Å². The molecule has 4 nitrogen and oxygen atoms in total. The van der Waals surface area contributed by atoms with Crippen LogP contribution >= 0.6 is 0 Å². The van der Waals surface area contributed by atoms with Crippen molar-refractivity contribution in [2.75, 3.05) is 27.3 Å². The van der Waals surface area contributed by atoms with Crippen molar-refractivity contribution in [2.24, 2.45) is 5.73 Å². The first-order chi connectivity index (χ1) is 11.2. The fraction of sp³-hybridized carbons (Fsp3) is 0.684. The van der Waals surface area contributed by atoms with Crippen LogP contribution in [0.2, 0.25) is 0 Å². The Morgan fingerprint density at radius 3 is 2.43 bits per heavy atom. The van der Waals surface area contributed by atoms with Gasteiger partial charge in [-0.25, -0.2) is 0 Å². The van der Waals surface area contributed by atoms with E-state index in [0.717, 1.165) is 37.1 Å². The Kier molecular flexibility index (Phi) is 5.44. The number of benzene rings is 1. The molecule has 2 atom stereocenters. The maximum atomic E-state index is 6.39. The van der Waals surface area contributed by atoms with Gasteiger partial charge in [0.15, 0.2) is 11.5 Å². The van der Waals surface area contributed by atoms with Crippen molar-refractivity contribution in [1.82, 2.24) is 4.90 Å². The highest BCUT2D eigenvalue weighted by molar-refractivity contribution is 5.44. The maximum absolute atomic E-state index is 6.39. The summed E-state index contributed by atoms with van der Waals surface area (Å²) in [6.07, 6.45) is 7.87. The van der Waals surface area contributed by atoms with E-state index < -0.39 is 0 Å². The number of piperidine rings is 1. The van der Waals surface area contributed by atoms with Crippen molar-refractivity contribution in [3.8, 4) is 11.5 Å². The van der Waals surface area contributed by atoms with Crippen molar-refractivity contribution < 1.29 is 9.47 Å². The lowest BCUT2D eigenvalue weighted by molar-refractivity contribution is 0.107. The Labute approximate surface area is 139 Å². The number of hydrogen-bond acceptors (Lipinski definition) is 4. The monoisotopic (exact) mass is 318 g/mol. The topological polar surface area (TPSA) is 47.7 Å². The Balaban J connectivity index is 1.76. The summed E-state index contributed by atoms with van der Waals surface area (Å²) in [7, 11) is 3.38. The smallest absolute Gasteiger partial charge is 0.160 e. The SMILES string of the molecule is COc1ccc(C2CC(N)CN(C3CCCCC3)C2)cc1OC. The second kappa shape index (κ2) is 7.54. The molecule has 3 rings (SSSR count). The van der Waals surface area contributed by atoms with E-state index in [2.05, 4.69) is 17.0 Å². The molecule has 23 heavy (non-hydrogen) atoms. The van der Waals surface area contributed by atoms with Crippen LogP contribution < -0.4 is 15.2 Å². The standard InChI is InChI=1S/C19H30N2O2/c1-22-18-9-8-14(11-19(18)23-2)15-10-16(20)13-21(12-15)17-6-4-3-5-7-17/h8-9,11,15-17H,3-7,10,12-13,20H2,1-2H3. The zero-order valence-corrected chi connectivity index (χ0v) is 14.5. The van der Waals surface area contributed by atoms with Gasteiger partial charge in [0.25, 0.3) is 0 Å². The largest absolute Gasteiger partial charge is 0.493 e. The highest BCUT2D eigenvalue weighted by Crippen LogP contribution is 2.35. The van der Waals surface area contributed by atoms with Gasteiger partial charge >= 0.3 is 0 Å². The molecule has 128 valence electrons. The molecular formula is C19H30N2O2. The maximum Gasteiger partial charge on any atom is 0.160 e. The molecule has 1 aromatic carbocycles. The van der Waals surface area contributed by atoms with Crippen LogP contribution in [0.5, 0.6) is 11.5 Å². The third kappa shape index (κ3) is 3.81. The first-order valence-electron chi connectivity index (χ1n) is 8.92. The highest BCUT2D eigenvalue weighted by atomic mass is 16.5. The predicted molar refractivity (Wildman–Crippen MR) is 93.3 cm³/mol. The van der Waals surface area contributed by atoms with Gasteiger partial charge in [-0.3, -0.25) is 4.90 Å². The third-order valence-corrected chi connectivity index (χ3v) is 5.48. The van der Waals surface area contributed by atoms with E-state index in [0.29, 0.717) is 5.92 Å². The quantitative estimate of drug-likeness (QED) is 0.926. The third-order valence-electron chi connectivity index (χ3n) is 5.48. The Hall–Kier alpha value is -1.26. The van der Waals surface area contributed by atoms with Gasteiger partial charge < -0.3 is 15.2 Å². The zero-order chi connectivity index (χ0) is 16.2. The summed E-state index contributed by atoms with van der Waals surface area (Å²) < 4.78 is 10.8. The average molecular weight is 318 g/mol. The molecule has 2 aliphatic rings. The molecule has 2 N–H and O–H groups in total. The first kappa shape index (κ1) is 16.6. The summed E-state index contributed by atoms with van der Waals surface area (Å²) in [5, 5.41) is 0. The molecule has 2 unspecified atom stereocenters. The van der Waals surface area contributed by atoms with Crippen molar-refractivity contribution in [3.05, 3.63) is 23.8 Å². The molecular weight excluding hydrogens is 288 g/mol. The predicted octanol–water partition coefficient (Wildman–Crippen LogP) is 3.15. The van der Waals surface area contributed by atoms with Gasteiger partial charge in [-0.1, -0.05) is 25.3 Å². The molecule has 0 spiro atoms. The van der Waals surface area contributed by atoms with Crippen molar-refractivity contribution >= 4 is 0 Å². The molecule has 1 aliphatic carbocycles. The molecule has 4 heteroatoms. The van der Waals surface area contributed by atoms with Crippen LogP contribution in [0.4, 0.5) is 0 Å². The summed E-state index contributed by atoms with van der Waals surface area (Å²) in [5.74, 6) is 2.09. The van der Waals surface area contributed by atoms with E-state index in [4.69, 9.17) is 15.2 Å². The number of methoxy groups -OCH3 is 2. The second-order valence-corrected chi connectivity index (χ2v) is 7.05. The van der Waals surface area contributed by atoms with E-state index in [1.165, 1.54) is 37.7 Å². The van der Waals surface area contributed by atoms with Gasteiger partial charge in [0.05, 0.1) is 14.2 Å². The molecule has 2 fully saturated rings. The normalized spacial score (nSPS) is 26.9. The molecule has 1 aliphatic heterocycles. The minimum absolute atomic E-state index is 0.267. The Morgan fingerprint density at radius 2 is 1.74 bits per heavy atom. The van der Waals surface area contributed by atoms with Crippen LogP contribution in [0.15, 0.2) is 18.2 Å². The van der Waals surface area contributed by atoms with Gasteiger partial charge in [0.1, 0.15) is 0 Å². The molecule has 1 saturated carbocycles. The van der Waals surface area contributed by atoms with Crippen LogP contribution in [-0.2, 0) is 0 Å². The van der Waals surface area contributed by atoms with E-state index in [1.807, 2.05) is 6.07 Å². The molecule has 0 bridgehead atoms. The number of rotatable bonds is 4. The molecule has 1 aromatic rings. The fourth-order valence-corrected chi connectivity index (χ4v) is 4.27. The van der Waals surface area contributed by atoms with Crippen LogP contribution in [0.1, 0.15) is 50.0 Å². The van der Waals surface area contributed by atoms with Gasteiger partial charge in [-0.05, 0) is 42.9 Å². The molecule has 1 saturated heterocycles. The lowest BCUT2D eigenvalue weighted by Gasteiger charge is -2.42. The summed E-state index contributed by atoms with van der Waals surface area (Å²) in [5.41, 5.74) is 7.71. The lowest BCUT2D eigenvalue weighted by atomic mass is 9.85. The Morgan fingerprint density at radius 1 is 1.00 bits per heavy atom. The lowest BCUT2D eigenvalue weighted by Crippen LogP contribution is -2.50. The van der Waals surface area contributed by atoms with E-state index in [9.17, 15) is 0 Å². The van der Waals surface area contributed by atoms with Crippen molar-refractivity contribution in [1.29, 1.82) is 0 Å². The summed E-state index contributed by atoms with van der Waals surface area (Å²) in [4.78, 5) is 2.65. The van der Waals surface area contributed by atoms with E-state index >= 15 is 0 Å². The van der Waals surface area contributed by atoms with Gasteiger partial charge in [-0.2, -0.15) is 0 Å². The number of ether oxygens (including phenoxy) is 2. The number of hydrogen-bond donors (Lipinski definition) is 1. The van der Waals surface area contributed by atoms with Crippen LogP contribution in [0, 0.1) is 0 Å². The summed E-state index contributed by atoms with van der Waals surface area (Å²) >= 11 is 0. The molecule has 0 amide bonds. The van der Waals surface area contributed by atoms with E-state index in [-0.39, 0.29) is 6.04 Å². The van der Waals surface area contributed by atoms with Gasteiger partial charge in [0.2, 0.25) is 0 Å². The van der Waals surface area contributed by atoms with Gasteiger partial charge in [-0.15, -0.1) is 0 Å². The zero-order valence-electron chi connectivity index (χ0n) is 14.5. The fourth-order valence-electron chi connectivity index (χ4n) is 4.27. The Bertz CT molecular complexity index is 514. The van der Waals surface area contributed by atoms with Crippen molar-refractivity contribution in [3.63, 3.8) is 0 Å². The van der Waals surface area contributed by atoms with E-state index in [1.54, 1.807) is 14.2 Å². The first-order valence-corrected chi connectivity index (χ1v) is 8.92. The van der Waals surface area contributed by atoms with Gasteiger partial charge in [0, 0.05) is 25.2 Å². The molecule has 1 heterocycles. The number of nitrogens with zero attached hydrogens (tertiary/aromatic N) is 1. The molecule has 0 radical (unpaired) electrons. The number of likely N-dealkylation sites (tertiary alicyclic amines) is 1.